The number of nitrogens with one attached hydrogen (secondary N) is 1. The van der Waals surface area contributed by atoms with E-state index in [0.29, 0.717) is 12.1 Å². The van der Waals surface area contributed by atoms with Gasteiger partial charge in [-0.15, -0.1) is 6.58 Å². The average molecular weight is 314 g/mol. The Morgan fingerprint density at radius 3 is 2.23 bits per heavy atom. The largest absolute Gasteiger partial charge is 0.276 e. The predicted octanol–water partition coefficient (Wildman–Crippen LogP) is 3.34. The van der Waals surface area contributed by atoms with Gasteiger partial charge in [0, 0.05) is 0 Å². The number of allylic oxidation sites excluding steroid dienone is 1. The van der Waals surface area contributed by atoms with Crippen LogP contribution in [0.4, 0.5) is 0 Å². The third kappa shape index (κ3) is 4.30. The molecule has 22 heavy (non-hydrogen) atoms. The summed E-state index contributed by atoms with van der Waals surface area (Å²) in [5, 5.41) is 4.11. The van der Waals surface area contributed by atoms with Crippen LogP contribution < -0.4 is 4.83 Å². The molecule has 0 bridgehead atoms. The number of hydrogen-bond acceptors (Lipinski definition) is 3. The van der Waals surface area contributed by atoms with Gasteiger partial charge in [-0.25, -0.2) is 0 Å². The fraction of sp³-hybridized carbons (Fsp3) is 0.118. The Kier molecular flexibility index (Phi) is 5.49. The SMILES string of the molecule is C=CCC/C(=N/NS(=O)(=O)c1ccccc1)c1ccccc1. The standard InChI is InChI=1S/C17H18N2O2S/c1-2-3-14-17(15-10-6-4-7-11-15)18-19-22(20,21)16-12-8-5-9-13-16/h2,4-13,19H,1,3,14H2/b18-17-. The number of rotatable bonds is 7. The van der Waals surface area contributed by atoms with Crippen molar-refractivity contribution in [3.63, 3.8) is 0 Å². The van der Waals surface area contributed by atoms with Gasteiger partial charge in [0.15, 0.2) is 0 Å². The molecule has 4 nitrogen and oxygen atoms in total. The first-order valence-electron chi connectivity index (χ1n) is 6.93. The fourth-order valence-electron chi connectivity index (χ4n) is 1.90. The van der Waals surface area contributed by atoms with E-state index < -0.39 is 10.0 Å². The Morgan fingerprint density at radius 1 is 1.05 bits per heavy atom. The minimum Gasteiger partial charge on any atom is -0.200 e. The Morgan fingerprint density at radius 2 is 1.64 bits per heavy atom. The zero-order chi connectivity index (χ0) is 15.8. The molecule has 0 aliphatic carbocycles. The molecule has 0 fully saturated rings. The number of nitrogens with zero attached hydrogens (tertiary/aromatic N) is 1. The van der Waals surface area contributed by atoms with Crippen molar-refractivity contribution in [3.05, 3.63) is 78.9 Å². The second-order valence-electron chi connectivity index (χ2n) is 4.66. The smallest absolute Gasteiger partial charge is 0.200 e. The van der Waals surface area contributed by atoms with Gasteiger partial charge in [-0.1, -0.05) is 54.6 Å². The van der Waals surface area contributed by atoms with Crippen molar-refractivity contribution in [2.24, 2.45) is 5.10 Å². The second kappa shape index (κ2) is 7.56. The van der Waals surface area contributed by atoms with Crippen LogP contribution in [0.25, 0.3) is 0 Å². The van der Waals surface area contributed by atoms with E-state index in [1.54, 1.807) is 24.3 Å². The normalized spacial score (nSPS) is 11.9. The maximum Gasteiger partial charge on any atom is 0.276 e. The molecule has 0 saturated heterocycles. The molecule has 0 aromatic heterocycles. The van der Waals surface area contributed by atoms with E-state index in [1.807, 2.05) is 30.3 Å². The van der Waals surface area contributed by atoms with Crippen LogP contribution >= 0.6 is 0 Å². The molecule has 0 spiro atoms. The van der Waals surface area contributed by atoms with E-state index in [4.69, 9.17) is 0 Å². The molecular weight excluding hydrogens is 296 g/mol. The van der Waals surface area contributed by atoms with Crippen molar-refractivity contribution in [2.75, 3.05) is 0 Å². The van der Waals surface area contributed by atoms with Crippen LogP contribution in [0.5, 0.6) is 0 Å². The van der Waals surface area contributed by atoms with E-state index in [1.165, 1.54) is 12.1 Å². The highest BCUT2D eigenvalue weighted by Gasteiger charge is 2.12. The summed E-state index contributed by atoms with van der Waals surface area (Å²) in [5.74, 6) is 0. The first-order valence-corrected chi connectivity index (χ1v) is 8.41. The van der Waals surface area contributed by atoms with Crippen LogP contribution in [0, 0.1) is 0 Å². The predicted molar refractivity (Wildman–Crippen MR) is 89.2 cm³/mol. The third-order valence-corrected chi connectivity index (χ3v) is 4.27. The van der Waals surface area contributed by atoms with Crippen molar-refractivity contribution < 1.29 is 8.42 Å². The topological polar surface area (TPSA) is 58.5 Å². The molecular formula is C17H18N2O2S. The summed E-state index contributed by atoms with van der Waals surface area (Å²) in [6.45, 7) is 3.69. The Balaban J connectivity index is 2.25. The lowest BCUT2D eigenvalue weighted by Gasteiger charge is -2.08. The molecule has 1 N–H and O–H groups in total. The van der Waals surface area contributed by atoms with Crippen LogP contribution in [-0.4, -0.2) is 14.1 Å². The molecule has 5 heteroatoms. The van der Waals surface area contributed by atoms with Crippen LogP contribution in [0.15, 0.2) is 83.3 Å². The van der Waals surface area contributed by atoms with E-state index in [-0.39, 0.29) is 4.90 Å². The van der Waals surface area contributed by atoms with Gasteiger partial charge in [0.25, 0.3) is 10.0 Å². The number of hydrogen-bond donors (Lipinski definition) is 1. The van der Waals surface area contributed by atoms with Gasteiger partial charge in [0.1, 0.15) is 0 Å². The molecule has 0 radical (unpaired) electrons. The van der Waals surface area contributed by atoms with Crippen LogP contribution in [0.2, 0.25) is 0 Å². The first kappa shape index (κ1) is 16.0. The number of sulfonamides is 1. The molecule has 0 saturated carbocycles. The summed E-state index contributed by atoms with van der Waals surface area (Å²) in [7, 11) is -3.65. The highest BCUT2D eigenvalue weighted by Crippen LogP contribution is 2.10. The van der Waals surface area contributed by atoms with Gasteiger partial charge in [0.05, 0.1) is 10.6 Å². The first-order chi connectivity index (χ1) is 10.6. The van der Waals surface area contributed by atoms with Crippen LogP contribution in [-0.2, 0) is 10.0 Å². The van der Waals surface area contributed by atoms with Crippen molar-refractivity contribution in [1.29, 1.82) is 0 Å². The quantitative estimate of drug-likeness (QED) is 0.484. The summed E-state index contributed by atoms with van der Waals surface area (Å²) in [5.41, 5.74) is 1.57. The molecule has 0 aliphatic heterocycles. The van der Waals surface area contributed by atoms with Gasteiger partial charge < -0.3 is 0 Å². The molecule has 2 rings (SSSR count). The molecule has 0 amide bonds. The Bertz CT molecular complexity index is 739. The maximum absolute atomic E-state index is 12.2. The van der Waals surface area contributed by atoms with E-state index >= 15 is 0 Å². The fourth-order valence-corrected chi connectivity index (χ4v) is 2.75. The molecule has 0 heterocycles. The minimum atomic E-state index is -3.65. The Hall–Kier alpha value is -2.40. The zero-order valence-corrected chi connectivity index (χ0v) is 13.0. The highest BCUT2D eigenvalue weighted by molar-refractivity contribution is 7.89. The average Bonchev–Trinajstić information content (AvgIpc) is 2.56. The zero-order valence-electron chi connectivity index (χ0n) is 12.1. The van der Waals surface area contributed by atoms with Crippen molar-refractivity contribution in [3.8, 4) is 0 Å². The van der Waals surface area contributed by atoms with Gasteiger partial charge in [0.2, 0.25) is 0 Å². The van der Waals surface area contributed by atoms with Gasteiger partial charge in [-0.3, -0.25) is 0 Å². The van der Waals surface area contributed by atoms with Gasteiger partial charge in [-0.2, -0.15) is 18.4 Å². The van der Waals surface area contributed by atoms with Crippen molar-refractivity contribution in [1.82, 2.24) is 4.83 Å². The molecule has 2 aromatic rings. The lowest BCUT2D eigenvalue weighted by atomic mass is 10.1. The molecule has 114 valence electrons. The summed E-state index contributed by atoms with van der Waals surface area (Å²) in [6.07, 6.45) is 3.12. The summed E-state index contributed by atoms with van der Waals surface area (Å²) < 4.78 is 24.4. The van der Waals surface area contributed by atoms with Crippen molar-refractivity contribution >= 4 is 15.7 Å². The molecule has 0 atom stereocenters. The number of hydrazone groups is 1. The molecule has 0 unspecified atom stereocenters. The second-order valence-corrected chi connectivity index (χ2v) is 6.32. The van der Waals surface area contributed by atoms with Gasteiger partial charge in [-0.05, 0) is 30.5 Å². The lowest BCUT2D eigenvalue weighted by Crippen LogP contribution is -2.20. The maximum atomic E-state index is 12.2. The number of benzene rings is 2. The van der Waals surface area contributed by atoms with E-state index in [0.717, 1.165) is 12.0 Å². The highest BCUT2D eigenvalue weighted by atomic mass is 32.2. The van der Waals surface area contributed by atoms with Crippen LogP contribution in [0.3, 0.4) is 0 Å². The van der Waals surface area contributed by atoms with Crippen molar-refractivity contribution in [2.45, 2.75) is 17.7 Å². The summed E-state index contributed by atoms with van der Waals surface area (Å²) in [4.78, 5) is 2.50. The van der Waals surface area contributed by atoms with E-state index in [9.17, 15) is 8.42 Å². The van der Waals surface area contributed by atoms with Crippen LogP contribution in [0.1, 0.15) is 18.4 Å². The monoisotopic (exact) mass is 314 g/mol. The molecule has 0 aliphatic rings. The van der Waals surface area contributed by atoms with E-state index in [2.05, 4.69) is 16.5 Å². The third-order valence-electron chi connectivity index (χ3n) is 3.05. The lowest BCUT2D eigenvalue weighted by molar-refractivity contribution is 0.584. The molecule has 2 aromatic carbocycles. The summed E-state index contributed by atoms with van der Waals surface area (Å²) >= 11 is 0. The summed E-state index contributed by atoms with van der Waals surface area (Å²) in [6, 6.07) is 17.7. The minimum absolute atomic E-state index is 0.190. The van der Waals surface area contributed by atoms with Gasteiger partial charge >= 0.3 is 0 Å². The Labute approximate surface area is 131 Å².